The number of rotatable bonds is 5. The molecule has 1 saturated heterocycles. The average Bonchev–Trinajstić information content (AvgIpc) is 3.23. The lowest BCUT2D eigenvalue weighted by Crippen LogP contribution is -2.51. The Bertz CT molecular complexity index is 778. The van der Waals surface area contributed by atoms with Crippen molar-refractivity contribution in [1.29, 1.82) is 0 Å². The number of carbonyl (C=O) groups is 2. The molecule has 0 unspecified atom stereocenters. The van der Waals surface area contributed by atoms with Gasteiger partial charge in [0.2, 0.25) is 0 Å². The average molecular weight is 358 g/mol. The second kappa shape index (κ2) is 6.94. The molecule has 0 bridgehead atoms. The molecule has 1 atom stereocenters. The van der Waals surface area contributed by atoms with Crippen molar-refractivity contribution in [1.82, 2.24) is 21.1 Å². The van der Waals surface area contributed by atoms with Gasteiger partial charge in [-0.3, -0.25) is 10.2 Å². The van der Waals surface area contributed by atoms with Gasteiger partial charge in [-0.2, -0.15) is 5.01 Å². The smallest absolute Gasteiger partial charge is 0.344 e. The fourth-order valence-corrected chi connectivity index (χ4v) is 2.92. The summed E-state index contributed by atoms with van der Waals surface area (Å²) in [6.45, 7) is 2.20. The number of nitrogens with zero attached hydrogens (tertiary/aromatic N) is 1. The topological polar surface area (TPSA) is 86.6 Å². The highest BCUT2D eigenvalue weighted by molar-refractivity contribution is 7.80. The number of carbonyl (C=O) groups excluding carboxylic acids is 2. The van der Waals surface area contributed by atoms with Gasteiger partial charge in [0.25, 0.3) is 5.91 Å². The normalized spacial score (nSPS) is 19.6. The Labute approximate surface area is 150 Å². The van der Waals surface area contributed by atoms with Crippen LogP contribution < -0.4 is 16.1 Å². The summed E-state index contributed by atoms with van der Waals surface area (Å²) in [7, 11) is 0. The van der Waals surface area contributed by atoms with Crippen molar-refractivity contribution in [3.05, 3.63) is 60.1 Å². The molecule has 0 aliphatic carbocycles. The van der Waals surface area contributed by atoms with E-state index in [2.05, 4.69) is 16.1 Å². The first kappa shape index (κ1) is 17.0. The molecule has 3 amide bonds. The summed E-state index contributed by atoms with van der Waals surface area (Å²) in [5.74, 6) is 0.293. The Morgan fingerprint density at radius 3 is 2.64 bits per heavy atom. The van der Waals surface area contributed by atoms with Crippen LogP contribution in [-0.2, 0) is 16.9 Å². The molecular weight excluding hydrogens is 340 g/mol. The Hall–Kier alpha value is -2.87. The zero-order valence-corrected chi connectivity index (χ0v) is 14.4. The maximum absolute atomic E-state index is 12.9. The molecule has 1 aromatic heterocycles. The quantitative estimate of drug-likeness (QED) is 0.560. The van der Waals surface area contributed by atoms with Crippen molar-refractivity contribution in [2.24, 2.45) is 0 Å². The molecule has 2 heterocycles. The fourth-order valence-electron chi connectivity index (χ4n) is 2.76. The molecule has 1 aliphatic heterocycles. The van der Waals surface area contributed by atoms with Crippen molar-refractivity contribution in [3.8, 4) is 0 Å². The molecule has 25 heavy (non-hydrogen) atoms. The lowest BCUT2D eigenvalue weighted by molar-refractivity contribution is -0.133. The summed E-state index contributed by atoms with van der Waals surface area (Å²) in [4.78, 5) is 25.2. The van der Waals surface area contributed by atoms with E-state index in [-0.39, 0.29) is 5.11 Å². The lowest BCUT2D eigenvalue weighted by Gasteiger charge is -2.25. The predicted octanol–water partition coefficient (Wildman–Crippen LogP) is 2.02. The SMILES string of the molecule is CC[C@]1(c2ccccc2)NC(=O)N(NC(=S)NCc2ccco2)C1=O. The highest BCUT2D eigenvalue weighted by atomic mass is 32.1. The van der Waals surface area contributed by atoms with Gasteiger partial charge in [-0.1, -0.05) is 37.3 Å². The summed E-state index contributed by atoms with van der Waals surface area (Å²) < 4.78 is 5.19. The van der Waals surface area contributed by atoms with Crippen molar-refractivity contribution in [2.45, 2.75) is 25.4 Å². The van der Waals surface area contributed by atoms with E-state index < -0.39 is 17.5 Å². The molecule has 0 saturated carbocycles. The van der Waals surface area contributed by atoms with Gasteiger partial charge in [0.1, 0.15) is 11.3 Å². The summed E-state index contributed by atoms with van der Waals surface area (Å²) in [6.07, 6.45) is 1.98. The van der Waals surface area contributed by atoms with Gasteiger partial charge in [0.05, 0.1) is 12.8 Å². The molecule has 8 heteroatoms. The van der Waals surface area contributed by atoms with Gasteiger partial charge >= 0.3 is 6.03 Å². The number of benzene rings is 1. The Morgan fingerprint density at radius 1 is 1.24 bits per heavy atom. The van der Waals surface area contributed by atoms with Gasteiger partial charge < -0.3 is 15.1 Å². The minimum Gasteiger partial charge on any atom is -0.467 e. The minimum absolute atomic E-state index is 0.153. The van der Waals surface area contributed by atoms with Gasteiger partial charge in [-0.05, 0) is 36.3 Å². The number of furan rings is 1. The lowest BCUT2D eigenvalue weighted by atomic mass is 9.87. The third-order valence-corrected chi connectivity index (χ3v) is 4.34. The maximum atomic E-state index is 12.9. The van der Waals surface area contributed by atoms with E-state index in [1.807, 2.05) is 37.3 Å². The Balaban J connectivity index is 1.71. The highest BCUT2D eigenvalue weighted by Gasteiger charge is 2.51. The van der Waals surface area contributed by atoms with Crippen molar-refractivity contribution < 1.29 is 14.0 Å². The molecule has 2 aromatic rings. The van der Waals surface area contributed by atoms with Crippen LogP contribution >= 0.6 is 12.2 Å². The number of thiocarbonyl (C=S) groups is 1. The van der Waals surface area contributed by atoms with E-state index in [4.69, 9.17) is 16.6 Å². The monoisotopic (exact) mass is 358 g/mol. The molecule has 3 N–H and O–H groups in total. The molecule has 3 rings (SSSR count). The zero-order valence-electron chi connectivity index (χ0n) is 13.6. The fraction of sp³-hybridized carbons (Fsp3) is 0.235. The van der Waals surface area contributed by atoms with Crippen LogP contribution in [-0.4, -0.2) is 22.1 Å². The second-order valence-corrected chi connectivity index (χ2v) is 5.98. The van der Waals surface area contributed by atoms with Crippen molar-refractivity contribution in [3.63, 3.8) is 0 Å². The minimum atomic E-state index is -1.10. The third-order valence-electron chi connectivity index (χ3n) is 4.11. The van der Waals surface area contributed by atoms with E-state index in [9.17, 15) is 9.59 Å². The van der Waals surface area contributed by atoms with E-state index in [0.29, 0.717) is 18.7 Å². The zero-order chi connectivity index (χ0) is 17.9. The molecular formula is C17H18N4O3S. The molecule has 1 aromatic carbocycles. The third kappa shape index (κ3) is 3.20. The van der Waals surface area contributed by atoms with Crippen molar-refractivity contribution >= 4 is 29.3 Å². The first-order valence-corrected chi connectivity index (χ1v) is 8.27. The van der Waals surface area contributed by atoms with Crippen LogP contribution in [0.15, 0.2) is 53.1 Å². The molecule has 130 valence electrons. The van der Waals surface area contributed by atoms with Crippen LogP contribution in [0.3, 0.4) is 0 Å². The Kier molecular flexibility index (Phi) is 4.71. The largest absolute Gasteiger partial charge is 0.467 e. The summed E-state index contributed by atoms with van der Waals surface area (Å²) >= 11 is 5.16. The number of urea groups is 1. The van der Waals surface area contributed by atoms with Crippen LogP contribution in [0.2, 0.25) is 0 Å². The van der Waals surface area contributed by atoms with Gasteiger partial charge in [-0.15, -0.1) is 0 Å². The maximum Gasteiger partial charge on any atom is 0.344 e. The first-order chi connectivity index (χ1) is 12.1. The Morgan fingerprint density at radius 2 is 2.00 bits per heavy atom. The van der Waals surface area contributed by atoms with E-state index >= 15 is 0 Å². The van der Waals surface area contributed by atoms with E-state index in [1.54, 1.807) is 18.4 Å². The molecule has 1 aliphatic rings. The predicted molar refractivity (Wildman–Crippen MR) is 95.1 cm³/mol. The van der Waals surface area contributed by atoms with Crippen molar-refractivity contribution in [2.75, 3.05) is 0 Å². The number of nitrogens with one attached hydrogen (secondary N) is 3. The highest BCUT2D eigenvalue weighted by Crippen LogP contribution is 2.31. The van der Waals surface area contributed by atoms with E-state index in [0.717, 1.165) is 10.6 Å². The van der Waals surface area contributed by atoms with Crippen LogP contribution in [0.1, 0.15) is 24.7 Å². The molecule has 1 fully saturated rings. The van der Waals surface area contributed by atoms with Crippen LogP contribution in [0.25, 0.3) is 0 Å². The standard InChI is InChI=1S/C17H18N4O3S/c1-2-17(12-7-4-3-5-8-12)14(22)21(16(23)19-17)20-15(25)18-11-13-9-6-10-24-13/h3-10H,2,11H2,1H3,(H,19,23)(H2,18,20,25)/t17-/m1/s1. The van der Waals surface area contributed by atoms with Crippen LogP contribution in [0, 0.1) is 0 Å². The number of hydrogen-bond donors (Lipinski definition) is 3. The molecule has 7 nitrogen and oxygen atoms in total. The number of hydrogen-bond acceptors (Lipinski definition) is 4. The van der Waals surface area contributed by atoms with Gasteiger partial charge in [-0.25, -0.2) is 4.79 Å². The van der Waals surface area contributed by atoms with Crippen LogP contribution in [0.5, 0.6) is 0 Å². The van der Waals surface area contributed by atoms with E-state index in [1.165, 1.54) is 0 Å². The molecule has 0 radical (unpaired) electrons. The number of amides is 3. The van der Waals surface area contributed by atoms with Crippen LogP contribution in [0.4, 0.5) is 4.79 Å². The first-order valence-electron chi connectivity index (χ1n) is 7.86. The summed E-state index contributed by atoms with van der Waals surface area (Å²) in [6, 6.07) is 12.2. The van der Waals surface area contributed by atoms with Gasteiger partial charge in [0, 0.05) is 0 Å². The van der Waals surface area contributed by atoms with Gasteiger partial charge in [0.15, 0.2) is 5.11 Å². The second-order valence-electron chi connectivity index (χ2n) is 5.57. The molecule has 0 spiro atoms. The summed E-state index contributed by atoms with van der Waals surface area (Å²) in [5, 5.41) is 6.73. The number of imide groups is 1. The summed E-state index contributed by atoms with van der Waals surface area (Å²) in [5.41, 5.74) is 2.29. The number of hydrazine groups is 1.